The predicted octanol–water partition coefficient (Wildman–Crippen LogP) is 4.78. The molecular weight excluding hydrogens is 280 g/mol. The van der Waals surface area contributed by atoms with Crippen molar-refractivity contribution < 1.29 is 0 Å². The van der Waals surface area contributed by atoms with E-state index in [0.29, 0.717) is 0 Å². The van der Waals surface area contributed by atoms with Gasteiger partial charge in [-0.2, -0.15) is 0 Å². The van der Waals surface area contributed by atoms with Crippen LogP contribution in [0.1, 0.15) is 25.8 Å². The molecule has 0 amide bonds. The van der Waals surface area contributed by atoms with Crippen LogP contribution in [-0.4, -0.2) is 12.6 Å². The molecule has 0 aliphatic heterocycles. The number of hydrogen-bond acceptors (Lipinski definition) is 2. The molecule has 1 unspecified atom stereocenters. The number of nitrogens with two attached hydrogens (primary N) is 1. The van der Waals surface area contributed by atoms with E-state index in [1.165, 1.54) is 11.3 Å². The highest BCUT2D eigenvalue weighted by Gasteiger charge is 2.14. The Morgan fingerprint density at radius 2 is 1.81 bits per heavy atom. The van der Waals surface area contributed by atoms with Crippen molar-refractivity contribution in [3.63, 3.8) is 0 Å². The van der Waals surface area contributed by atoms with E-state index in [2.05, 4.69) is 49.1 Å². The molecule has 2 aromatic rings. The summed E-state index contributed by atoms with van der Waals surface area (Å²) in [7, 11) is 0. The largest absolute Gasteiger partial charge is 0.342 e. The molecule has 0 bridgehead atoms. The number of nitrogens with zero attached hydrogens (tertiary/aromatic N) is 1. The Kier molecular flexibility index (Phi) is 5.66. The molecule has 0 spiro atoms. The predicted molar refractivity (Wildman–Crippen MR) is 92.5 cm³/mol. The molecule has 1 atom stereocenters. The van der Waals surface area contributed by atoms with Crippen molar-refractivity contribution >= 4 is 23.0 Å². The van der Waals surface area contributed by atoms with E-state index in [1.54, 1.807) is 0 Å². The first kappa shape index (κ1) is 15.9. The second kappa shape index (κ2) is 7.48. The fourth-order valence-electron chi connectivity index (χ4n) is 2.49. The van der Waals surface area contributed by atoms with E-state index in [0.717, 1.165) is 30.1 Å². The lowest BCUT2D eigenvalue weighted by atomic mass is 10.0. The molecule has 0 aliphatic rings. The van der Waals surface area contributed by atoms with Gasteiger partial charge in [-0.05, 0) is 49.6 Å². The third-order valence-electron chi connectivity index (χ3n) is 3.73. The number of para-hydroxylation sites is 1. The monoisotopic (exact) mass is 302 g/mol. The molecule has 0 aliphatic carbocycles. The van der Waals surface area contributed by atoms with Gasteiger partial charge in [0.1, 0.15) is 0 Å². The Bertz CT molecular complexity index is 569. The van der Waals surface area contributed by atoms with E-state index in [1.807, 2.05) is 18.2 Å². The maximum atomic E-state index is 6.22. The van der Waals surface area contributed by atoms with Crippen LogP contribution < -0.4 is 10.6 Å². The fourth-order valence-corrected chi connectivity index (χ4v) is 2.65. The summed E-state index contributed by atoms with van der Waals surface area (Å²) in [6.07, 6.45) is 1.84. The maximum Gasteiger partial charge on any atom is 0.0458 e. The van der Waals surface area contributed by atoms with E-state index in [4.69, 9.17) is 17.3 Å². The van der Waals surface area contributed by atoms with Gasteiger partial charge in [0.15, 0.2) is 0 Å². The molecule has 112 valence electrons. The molecule has 0 radical (unpaired) electrons. The van der Waals surface area contributed by atoms with Crippen LogP contribution in [-0.2, 0) is 6.42 Å². The van der Waals surface area contributed by atoms with Crippen LogP contribution in [0, 0.1) is 0 Å². The second-order valence-electron chi connectivity index (χ2n) is 5.23. The second-order valence-corrected chi connectivity index (χ2v) is 5.66. The van der Waals surface area contributed by atoms with Gasteiger partial charge < -0.3 is 10.6 Å². The SMILES string of the molecule is CCC(N)Cc1ccc(Cl)cc1N(CC)c1ccccc1. The molecule has 0 saturated carbocycles. The van der Waals surface area contributed by atoms with Gasteiger partial charge in [-0.1, -0.05) is 42.8 Å². The zero-order valence-corrected chi connectivity index (χ0v) is 13.5. The summed E-state index contributed by atoms with van der Waals surface area (Å²) in [5.74, 6) is 0. The summed E-state index contributed by atoms with van der Waals surface area (Å²) < 4.78 is 0. The summed E-state index contributed by atoms with van der Waals surface area (Å²) in [5, 5.41) is 0.758. The molecule has 2 nitrogen and oxygen atoms in total. The highest BCUT2D eigenvalue weighted by molar-refractivity contribution is 6.30. The molecule has 0 heterocycles. The van der Waals surface area contributed by atoms with Crippen molar-refractivity contribution in [3.8, 4) is 0 Å². The molecule has 0 aromatic heterocycles. The first-order valence-electron chi connectivity index (χ1n) is 7.52. The van der Waals surface area contributed by atoms with Crippen LogP contribution in [0.3, 0.4) is 0 Å². The minimum Gasteiger partial charge on any atom is -0.342 e. The first-order valence-corrected chi connectivity index (χ1v) is 7.90. The molecule has 2 aromatic carbocycles. The zero-order valence-electron chi connectivity index (χ0n) is 12.7. The zero-order chi connectivity index (χ0) is 15.2. The summed E-state index contributed by atoms with van der Waals surface area (Å²) in [6.45, 7) is 5.16. The molecule has 0 fully saturated rings. The maximum absolute atomic E-state index is 6.22. The minimum atomic E-state index is 0.180. The quantitative estimate of drug-likeness (QED) is 0.832. The summed E-state index contributed by atoms with van der Waals surface area (Å²) in [5.41, 5.74) is 9.72. The summed E-state index contributed by atoms with van der Waals surface area (Å²) in [6, 6.07) is 16.6. The van der Waals surface area contributed by atoms with Gasteiger partial charge >= 0.3 is 0 Å². The van der Waals surface area contributed by atoms with Crippen molar-refractivity contribution in [2.75, 3.05) is 11.4 Å². The van der Waals surface area contributed by atoms with Crippen LogP contribution in [0.5, 0.6) is 0 Å². The highest BCUT2D eigenvalue weighted by atomic mass is 35.5. The molecule has 3 heteroatoms. The van der Waals surface area contributed by atoms with Gasteiger partial charge in [0.2, 0.25) is 0 Å². The van der Waals surface area contributed by atoms with E-state index < -0.39 is 0 Å². The topological polar surface area (TPSA) is 29.3 Å². The van der Waals surface area contributed by atoms with Crippen molar-refractivity contribution in [1.82, 2.24) is 0 Å². The van der Waals surface area contributed by atoms with Gasteiger partial charge in [0.05, 0.1) is 0 Å². The first-order chi connectivity index (χ1) is 10.2. The van der Waals surface area contributed by atoms with Crippen molar-refractivity contribution in [3.05, 3.63) is 59.1 Å². The normalized spacial score (nSPS) is 12.2. The molecule has 0 saturated heterocycles. The van der Waals surface area contributed by atoms with Gasteiger partial charge in [0, 0.05) is 29.0 Å². The van der Waals surface area contributed by atoms with Gasteiger partial charge in [-0.15, -0.1) is 0 Å². The smallest absolute Gasteiger partial charge is 0.0458 e. The van der Waals surface area contributed by atoms with Crippen molar-refractivity contribution in [2.45, 2.75) is 32.7 Å². The minimum absolute atomic E-state index is 0.180. The number of hydrogen-bond donors (Lipinski definition) is 1. The van der Waals surface area contributed by atoms with Crippen LogP contribution >= 0.6 is 11.6 Å². The summed E-state index contributed by atoms with van der Waals surface area (Å²) >= 11 is 6.22. The van der Waals surface area contributed by atoms with Crippen LogP contribution in [0.15, 0.2) is 48.5 Å². The van der Waals surface area contributed by atoms with Crippen LogP contribution in [0.25, 0.3) is 0 Å². The Morgan fingerprint density at radius 1 is 1.10 bits per heavy atom. The Labute approximate surface area is 132 Å². The van der Waals surface area contributed by atoms with Gasteiger partial charge in [-0.25, -0.2) is 0 Å². The molecule has 21 heavy (non-hydrogen) atoms. The number of benzene rings is 2. The fraction of sp³-hybridized carbons (Fsp3) is 0.333. The lowest BCUT2D eigenvalue weighted by Gasteiger charge is -2.27. The lowest BCUT2D eigenvalue weighted by molar-refractivity contribution is 0.646. The van der Waals surface area contributed by atoms with Crippen molar-refractivity contribution in [1.29, 1.82) is 0 Å². The standard InChI is InChI=1S/C18H23ClN2/c1-3-16(20)12-14-10-11-15(19)13-18(14)21(4-2)17-8-6-5-7-9-17/h5-11,13,16H,3-4,12,20H2,1-2H3. The Hall–Kier alpha value is -1.51. The van der Waals surface area contributed by atoms with Gasteiger partial charge in [0.25, 0.3) is 0 Å². The van der Waals surface area contributed by atoms with Crippen LogP contribution in [0.2, 0.25) is 5.02 Å². The average molecular weight is 303 g/mol. The third kappa shape index (κ3) is 3.99. The summed E-state index contributed by atoms with van der Waals surface area (Å²) in [4.78, 5) is 2.28. The molecule has 2 N–H and O–H groups in total. The number of rotatable bonds is 6. The number of halogens is 1. The lowest BCUT2D eigenvalue weighted by Crippen LogP contribution is -2.24. The van der Waals surface area contributed by atoms with E-state index in [-0.39, 0.29) is 6.04 Å². The average Bonchev–Trinajstić information content (AvgIpc) is 2.51. The van der Waals surface area contributed by atoms with Crippen LogP contribution in [0.4, 0.5) is 11.4 Å². The third-order valence-corrected chi connectivity index (χ3v) is 3.96. The van der Waals surface area contributed by atoms with E-state index in [9.17, 15) is 0 Å². The molecular formula is C18H23ClN2. The molecule has 2 rings (SSSR count). The van der Waals surface area contributed by atoms with E-state index >= 15 is 0 Å². The Balaban J connectivity index is 2.42. The van der Waals surface area contributed by atoms with Crippen molar-refractivity contribution in [2.24, 2.45) is 5.73 Å². The Morgan fingerprint density at radius 3 is 2.43 bits per heavy atom. The highest BCUT2D eigenvalue weighted by Crippen LogP contribution is 2.31. The number of anilines is 2. The van der Waals surface area contributed by atoms with Gasteiger partial charge in [-0.3, -0.25) is 0 Å².